The average Bonchev–Trinajstić information content (AvgIpc) is 2.32. The van der Waals surface area contributed by atoms with Crippen LogP contribution in [0.3, 0.4) is 0 Å². The normalized spacial score (nSPS) is 10.1. The van der Waals surface area contributed by atoms with Gasteiger partial charge in [-0.2, -0.15) is 0 Å². The van der Waals surface area contributed by atoms with Crippen molar-refractivity contribution < 1.29 is 9.66 Å². The number of benzene rings is 1. The predicted molar refractivity (Wildman–Crippen MR) is 65.2 cm³/mol. The van der Waals surface area contributed by atoms with E-state index in [0.29, 0.717) is 5.02 Å². The summed E-state index contributed by atoms with van der Waals surface area (Å²) in [6, 6.07) is 3.96. The highest BCUT2D eigenvalue weighted by Crippen LogP contribution is 2.34. The van der Waals surface area contributed by atoms with Crippen molar-refractivity contribution in [3.05, 3.63) is 50.9 Å². The Kier molecular flexibility index (Phi) is 3.59. The first-order chi connectivity index (χ1) is 8.58. The van der Waals surface area contributed by atoms with Gasteiger partial charge in [-0.15, -0.1) is 0 Å². The van der Waals surface area contributed by atoms with Crippen LogP contribution in [0.15, 0.2) is 30.7 Å². The standard InChI is InChI=1S/C10H5Cl2N3O3/c11-6-1-2-8(15(16)17)9(3-6)18-10-7(12)4-13-5-14-10/h1-5H. The van der Waals surface area contributed by atoms with Crippen molar-refractivity contribution in [1.29, 1.82) is 0 Å². The summed E-state index contributed by atoms with van der Waals surface area (Å²) in [5, 5.41) is 11.3. The SMILES string of the molecule is O=[N+]([O-])c1ccc(Cl)cc1Oc1ncncc1Cl. The van der Waals surface area contributed by atoms with Gasteiger partial charge in [-0.3, -0.25) is 10.1 Å². The molecule has 0 aliphatic heterocycles. The van der Waals surface area contributed by atoms with Crippen LogP contribution >= 0.6 is 23.2 Å². The molecular weight excluding hydrogens is 281 g/mol. The summed E-state index contributed by atoms with van der Waals surface area (Å²) in [6.07, 6.45) is 2.54. The van der Waals surface area contributed by atoms with E-state index in [-0.39, 0.29) is 22.3 Å². The van der Waals surface area contributed by atoms with Gasteiger partial charge in [-0.1, -0.05) is 23.2 Å². The van der Waals surface area contributed by atoms with Gasteiger partial charge in [0.2, 0.25) is 11.6 Å². The molecule has 1 heterocycles. The van der Waals surface area contributed by atoms with E-state index in [1.165, 1.54) is 30.7 Å². The topological polar surface area (TPSA) is 78.2 Å². The Bertz CT molecular complexity index is 607. The number of nitro benzene ring substituents is 1. The number of ether oxygens (including phenoxy) is 1. The molecule has 0 saturated heterocycles. The number of hydrogen-bond donors (Lipinski definition) is 0. The molecule has 18 heavy (non-hydrogen) atoms. The molecule has 0 atom stereocenters. The van der Waals surface area contributed by atoms with E-state index < -0.39 is 4.92 Å². The summed E-state index contributed by atoms with van der Waals surface area (Å²) in [5.74, 6) is -0.00914. The van der Waals surface area contributed by atoms with Crippen LogP contribution in [-0.2, 0) is 0 Å². The zero-order valence-corrected chi connectivity index (χ0v) is 10.2. The van der Waals surface area contributed by atoms with Crippen molar-refractivity contribution in [1.82, 2.24) is 9.97 Å². The molecule has 0 fully saturated rings. The molecule has 0 radical (unpaired) electrons. The minimum atomic E-state index is -0.583. The van der Waals surface area contributed by atoms with Crippen LogP contribution in [0.25, 0.3) is 0 Å². The summed E-state index contributed by atoms with van der Waals surface area (Å²) in [5.41, 5.74) is -0.228. The van der Waals surface area contributed by atoms with Gasteiger partial charge in [-0.05, 0) is 6.07 Å². The van der Waals surface area contributed by atoms with E-state index in [0.717, 1.165) is 0 Å². The number of hydrogen-bond acceptors (Lipinski definition) is 5. The first-order valence-corrected chi connectivity index (χ1v) is 5.41. The maximum Gasteiger partial charge on any atom is 0.311 e. The largest absolute Gasteiger partial charge is 0.430 e. The van der Waals surface area contributed by atoms with Crippen molar-refractivity contribution in [2.75, 3.05) is 0 Å². The lowest BCUT2D eigenvalue weighted by Gasteiger charge is -2.06. The van der Waals surface area contributed by atoms with Crippen LogP contribution in [0.2, 0.25) is 10.0 Å². The first-order valence-electron chi connectivity index (χ1n) is 4.65. The second-order valence-corrected chi connectivity index (χ2v) is 3.99. The highest BCUT2D eigenvalue weighted by Gasteiger charge is 2.17. The van der Waals surface area contributed by atoms with Gasteiger partial charge in [0.25, 0.3) is 0 Å². The Morgan fingerprint density at radius 3 is 2.78 bits per heavy atom. The number of aromatic nitrogens is 2. The lowest BCUT2D eigenvalue weighted by Crippen LogP contribution is -1.95. The van der Waals surface area contributed by atoms with E-state index in [9.17, 15) is 10.1 Å². The minimum Gasteiger partial charge on any atom is -0.430 e. The van der Waals surface area contributed by atoms with Gasteiger partial charge in [0.15, 0.2) is 0 Å². The van der Waals surface area contributed by atoms with Crippen molar-refractivity contribution in [2.24, 2.45) is 0 Å². The number of rotatable bonds is 3. The lowest BCUT2D eigenvalue weighted by atomic mass is 10.3. The Balaban J connectivity index is 2.42. The third-order valence-corrected chi connectivity index (χ3v) is 2.45. The van der Waals surface area contributed by atoms with Crippen LogP contribution < -0.4 is 4.74 Å². The number of halogens is 2. The third kappa shape index (κ3) is 2.66. The second kappa shape index (κ2) is 5.16. The fraction of sp³-hybridized carbons (Fsp3) is 0. The summed E-state index contributed by atoms with van der Waals surface area (Å²) < 4.78 is 5.27. The van der Waals surface area contributed by atoms with Gasteiger partial charge in [0.05, 0.1) is 11.1 Å². The maximum atomic E-state index is 10.8. The first kappa shape index (κ1) is 12.5. The molecule has 1 aromatic carbocycles. The Labute approximate surface area is 111 Å². The quantitative estimate of drug-likeness (QED) is 0.637. The van der Waals surface area contributed by atoms with E-state index in [4.69, 9.17) is 27.9 Å². The monoisotopic (exact) mass is 285 g/mol. The Morgan fingerprint density at radius 2 is 2.11 bits per heavy atom. The molecule has 0 unspecified atom stereocenters. The zero-order chi connectivity index (χ0) is 13.1. The second-order valence-electron chi connectivity index (χ2n) is 3.15. The fourth-order valence-corrected chi connectivity index (χ4v) is 1.51. The number of nitro groups is 1. The summed E-state index contributed by atoms with van der Waals surface area (Å²) in [4.78, 5) is 17.7. The fourth-order valence-electron chi connectivity index (χ4n) is 1.20. The van der Waals surface area contributed by atoms with E-state index >= 15 is 0 Å². The lowest BCUT2D eigenvalue weighted by molar-refractivity contribution is -0.385. The molecule has 0 N–H and O–H groups in total. The van der Waals surface area contributed by atoms with Crippen molar-refractivity contribution in [2.45, 2.75) is 0 Å². The highest BCUT2D eigenvalue weighted by molar-refractivity contribution is 6.31. The van der Waals surface area contributed by atoms with Gasteiger partial charge in [0.1, 0.15) is 11.3 Å². The molecule has 6 nitrogen and oxygen atoms in total. The maximum absolute atomic E-state index is 10.8. The molecule has 0 saturated carbocycles. The summed E-state index contributed by atoms with van der Waals surface area (Å²) in [7, 11) is 0. The Morgan fingerprint density at radius 1 is 1.33 bits per heavy atom. The van der Waals surface area contributed by atoms with Gasteiger partial charge in [0, 0.05) is 17.2 Å². The molecule has 0 aliphatic carbocycles. The van der Waals surface area contributed by atoms with Crippen molar-refractivity contribution >= 4 is 28.9 Å². The number of nitrogens with zero attached hydrogens (tertiary/aromatic N) is 3. The molecule has 0 amide bonds. The molecule has 1 aromatic heterocycles. The van der Waals surface area contributed by atoms with Crippen LogP contribution in [0, 0.1) is 10.1 Å². The van der Waals surface area contributed by atoms with Crippen LogP contribution in [0.1, 0.15) is 0 Å². The summed E-state index contributed by atoms with van der Waals surface area (Å²) in [6.45, 7) is 0. The van der Waals surface area contributed by atoms with Crippen LogP contribution in [-0.4, -0.2) is 14.9 Å². The molecule has 0 bridgehead atoms. The van der Waals surface area contributed by atoms with Crippen LogP contribution in [0.5, 0.6) is 11.6 Å². The molecule has 0 spiro atoms. The third-order valence-electron chi connectivity index (χ3n) is 1.96. The van der Waals surface area contributed by atoms with E-state index in [2.05, 4.69) is 9.97 Å². The summed E-state index contributed by atoms with van der Waals surface area (Å²) >= 11 is 11.6. The molecule has 2 aromatic rings. The molecule has 0 aliphatic rings. The smallest absolute Gasteiger partial charge is 0.311 e. The van der Waals surface area contributed by atoms with Gasteiger partial charge < -0.3 is 4.74 Å². The molecule has 2 rings (SSSR count). The van der Waals surface area contributed by atoms with Crippen molar-refractivity contribution in [3.8, 4) is 11.6 Å². The molecule has 92 valence electrons. The zero-order valence-electron chi connectivity index (χ0n) is 8.71. The molecule has 8 heteroatoms. The minimum absolute atomic E-state index is 0.0250. The highest BCUT2D eigenvalue weighted by atomic mass is 35.5. The van der Waals surface area contributed by atoms with Crippen molar-refractivity contribution in [3.63, 3.8) is 0 Å². The molecular formula is C10H5Cl2N3O3. The average molecular weight is 286 g/mol. The van der Waals surface area contributed by atoms with Gasteiger partial charge in [-0.25, -0.2) is 9.97 Å². The van der Waals surface area contributed by atoms with E-state index in [1.807, 2.05) is 0 Å². The van der Waals surface area contributed by atoms with Crippen LogP contribution in [0.4, 0.5) is 5.69 Å². The Hall–Kier alpha value is -1.92. The van der Waals surface area contributed by atoms with E-state index in [1.54, 1.807) is 0 Å². The predicted octanol–water partition coefficient (Wildman–Crippen LogP) is 3.48. The van der Waals surface area contributed by atoms with Gasteiger partial charge >= 0.3 is 5.69 Å².